The van der Waals surface area contributed by atoms with Gasteiger partial charge in [0.15, 0.2) is 9.90 Å². The maximum absolute atomic E-state index is 12.7. The van der Waals surface area contributed by atoms with Crippen molar-refractivity contribution in [3.63, 3.8) is 0 Å². The summed E-state index contributed by atoms with van der Waals surface area (Å²) in [5, 5.41) is 0. The van der Waals surface area contributed by atoms with E-state index in [4.69, 9.17) is 0 Å². The van der Waals surface area contributed by atoms with Crippen LogP contribution < -0.4 is 0 Å². The number of carbonyl (C=O) groups is 1. The summed E-state index contributed by atoms with van der Waals surface area (Å²) < 4.78 is 31.5. The first-order valence-corrected chi connectivity index (χ1v) is 9.12. The number of methoxy groups -OCH3 is 1. The van der Waals surface area contributed by atoms with Crippen LogP contribution >= 0.6 is 11.3 Å². The second kappa shape index (κ2) is 6.02. The molecule has 1 aromatic rings. The molecule has 0 aliphatic carbocycles. The summed E-state index contributed by atoms with van der Waals surface area (Å²) in [5.74, 6) is -0.718. The molecule has 118 valence electrons. The fraction of sp³-hybridized carbons (Fsp3) is 0.692. The molecule has 0 radical (unpaired) electrons. The third-order valence-electron chi connectivity index (χ3n) is 3.79. The Hall–Kier alpha value is -0.990. The van der Waals surface area contributed by atoms with Gasteiger partial charge in [-0.15, -0.1) is 11.3 Å². The molecule has 1 aliphatic heterocycles. The zero-order chi connectivity index (χ0) is 15.7. The molecule has 21 heavy (non-hydrogen) atoms. The molecule has 2 rings (SSSR count). The lowest BCUT2D eigenvalue weighted by Gasteiger charge is -2.22. The molecule has 6 nitrogen and oxygen atoms in total. The van der Waals surface area contributed by atoms with Crippen molar-refractivity contribution in [2.45, 2.75) is 37.3 Å². The van der Waals surface area contributed by atoms with Crippen LogP contribution in [0.4, 0.5) is 0 Å². The van der Waals surface area contributed by atoms with Crippen molar-refractivity contribution in [2.24, 2.45) is 5.41 Å². The number of nitrogens with zero attached hydrogens (tertiary/aromatic N) is 2. The van der Waals surface area contributed by atoms with Crippen molar-refractivity contribution in [3.05, 3.63) is 11.2 Å². The van der Waals surface area contributed by atoms with Crippen LogP contribution in [0.5, 0.6) is 0 Å². The van der Waals surface area contributed by atoms with E-state index in [0.29, 0.717) is 13.1 Å². The Morgan fingerprint density at radius 2 is 2.10 bits per heavy atom. The Bertz CT molecular complexity index is 622. The molecule has 2 heterocycles. The molecular weight excluding hydrogens is 312 g/mol. The molecule has 0 atom stereocenters. The molecular formula is C13H20N2O4S2. The van der Waals surface area contributed by atoms with Gasteiger partial charge in [0.25, 0.3) is 10.0 Å². The Morgan fingerprint density at radius 1 is 1.38 bits per heavy atom. The first-order chi connectivity index (χ1) is 9.78. The molecule has 0 N–H and O–H groups in total. The molecule has 1 fully saturated rings. The SMILES string of the molecule is COC(=O)c1ncsc1S(=O)(=O)N1CCCC(C)(C)CC1. The summed E-state index contributed by atoms with van der Waals surface area (Å²) in [6.07, 6.45) is 2.61. The minimum absolute atomic E-state index is 0.0194. The maximum atomic E-state index is 12.7. The lowest BCUT2D eigenvalue weighted by Crippen LogP contribution is -2.33. The van der Waals surface area contributed by atoms with Crippen molar-refractivity contribution < 1.29 is 17.9 Å². The maximum Gasteiger partial charge on any atom is 0.358 e. The highest BCUT2D eigenvalue weighted by Crippen LogP contribution is 2.33. The molecule has 1 aliphatic rings. The second-order valence-electron chi connectivity index (χ2n) is 5.90. The molecule has 0 saturated carbocycles. The average molecular weight is 332 g/mol. The van der Waals surface area contributed by atoms with Gasteiger partial charge in [-0.2, -0.15) is 4.31 Å². The lowest BCUT2D eigenvalue weighted by molar-refractivity contribution is 0.0590. The zero-order valence-electron chi connectivity index (χ0n) is 12.5. The van der Waals surface area contributed by atoms with E-state index < -0.39 is 16.0 Å². The number of esters is 1. The van der Waals surface area contributed by atoms with Gasteiger partial charge >= 0.3 is 5.97 Å². The Morgan fingerprint density at radius 3 is 2.76 bits per heavy atom. The van der Waals surface area contributed by atoms with Crippen molar-refractivity contribution in [1.82, 2.24) is 9.29 Å². The van der Waals surface area contributed by atoms with Crippen molar-refractivity contribution in [2.75, 3.05) is 20.2 Å². The average Bonchev–Trinajstić information content (AvgIpc) is 2.84. The fourth-order valence-electron chi connectivity index (χ4n) is 2.41. The van der Waals surface area contributed by atoms with E-state index in [1.54, 1.807) is 0 Å². The minimum atomic E-state index is -3.69. The monoisotopic (exact) mass is 332 g/mol. The number of aromatic nitrogens is 1. The van der Waals surface area contributed by atoms with E-state index in [1.165, 1.54) is 16.9 Å². The van der Waals surface area contributed by atoms with E-state index in [9.17, 15) is 13.2 Å². The molecule has 0 aromatic carbocycles. The van der Waals surface area contributed by atoms with E-state index in [0.717, 1.165) is 30.6 Å². The smallest absolute Gasteiger partial charge is 0.358 e. The number of rotatable bonds is 3. The topological polar surface area (TPSA) is 76.6 Å². The Kier molecular flexibility index (Phi) is 4.69. The van der Waals surface area contributed by atoms with E-state index >= 15 is 0 Å². The largest absolute Gasteiger partial charge is 0.464 e. The highest BCUT2D eigenvalue weighted by atomic mass is 32.2. The summed E-state index contributed by atoms with van der Waals surface area (Å²) in [6.45, 7) is 5.24. The van der Waals surface area contributed by atoms with Crippen LogP contribution in [0, 0.1) is 5.41 Å². The highest BCUT2D eigenvalue weighted by Gasteiger charge is 2.34. The third kappa shape index (κ3) is 3.44. The predicted molar refractivity (Wildman–Crippen MR) is 79.8 cm³/mol. The molecule has 0 bridgehead atoms. The van der Waals surface area contributed by atoms with Gasteiger partial charge in [-0.05, 0) is 24.7 Å². The van der Waals surface area contributed by atoms with Crippen LogP contribution in [0.1, 0.15) is 43.6 Å². The molecule has 8 heteroatoms. The van der Waals surface area contributed by atoms with E-state index in [1.807, 2.05) is 0 Å². The summed E-state index contributed by atoms with van der Waals surface area (Å²) in [5.41, 5.74) is 1.38. The van der Waals surface area contributed by atoms with Crippen molar-refractivity contribution >= 4 is 27.3 Å². The Balaban J connectivity index is 2.30. The summed E-state index contributed by atoms with van der Waals surface area (Å²) in [7, 11) is -2.47. The summed E-state index contributed by atoms with van der Waals surface area (Å²) >= 11 is 0.959. The highest BCUT2D eigenvalue weighted by molar-refractivity contribution is 7.91. The van der Waals surface area contributed by atoms with Gasteiger partial charge in [-0.1, -0.05) is 13.8 Å². The minimum Gasteiger partial charge on any atom is -0.464 e. The van der Waals surface area contributed by atoms with Crippen LogP contribution in [0.2, 0.25) is 0 Å². The van der Waals surface area contributed by atoms with Gasteiger partial charge in [0.1, 0.15) is 0 Å². The number of sulfonamides is 1. The van der Waals surface area contributed by atoms with Gasteiger partial charge < -0.3 is 4.74 Å². The standard InChI is InChI=1S/C13H20N2O4S2/c1-13(2)5-4-7-15(8-6-13)21(17,18)12-10(11(16)19-3)14-9-20-12/h9H,4-8H2,1-3H3. The van der Waals surface area contributed by atoms with Crippen molar-refractivity contribution in [3.8, 4) is 0 Å². The van der Waals surface area contributed by atoms with Crippen LogP contribution in [0.3, 0.4) is 0 Å². The number of hydrogen-bond acceptors (Lipinski definition) is 6. The molecule has 0 spiro atoms. The van der Waals surface area contributed by atoms with Gasteiger partial charge in [0.05, 0.1) is 12.6 Å². The first-order valence-electron chi connectivity index (χ1n) is 6.80. The summed E-state index contributed by atoms with van der Waals surface area (Å²) in [6, 6.07) is 0. The third-order valence-corrected chi connectivity index (χ3v) is 7.03. The fourth-order valence-corrected chi connectivity index (χ4v) is 5.16. The van der Waals surface area contributed by atoms with Crippen LogP contribution in [-0.4, -0.2) is 43.9 Å². The molecule has 0 amide bonds. The van der Waals surface area contributed by atoms with Gasteiger partial charge in [0, 0.05) is 13.1 Å². The van der Waals surface area contributed by atoms with Crippen LogP contribution in [0.25, 0.3) is 0 Å². The number of thiazole rings is 1. The van der Waals surface area contributed by atoms with Crippen LogP contribution in [0.15, 0.2) is 9.72 Å². The summed E-state index contributed by atoms with van der Waals surface area (Å²) in [4.78, 5) is 15.5. The van der Waals surface area contributed by atoms with Crippen LogP contribution in [-0.2, 0) is 14.8 Å². The van der Waals surface area contributed by atoms with Gasteiger partial charge in [0.2, 0.25) is 0 Å². The predicted octanol–water partition coefficient (Wildman–Crippen LogP) is 2.13. The lowest BCUT2D eigenvalue weighted by atomic mass is 9.85. The van der Waals surface area contributed by atoms with Gasteiger partial charge in [-0.25, -0.2) is 18.2 Å². The van der Waals surface area contributed by atoms with Gasteiger partial charge in [-0.3, -0.25) is 0 Å². The number of ether oxygens (including phenoxy) is 1. The normalized spacial score (nSPS) is 20.0. The zero-order valence-corrected chi connectivity index (χ0v) is 14.1. The van der Waals surface area contributed by atoms with Crippen molar-refractivity contribution in [1.29, 1.82) is 0 Å². The quantitative estimate of drug-likeness (QED) is 0.793. The number of carbonyl (C=O) groups excluding carboxylic acids is 1. The number of hydrogen-bond donors (Lipinski definition) is 0. The van der Waals surface area contributed by atoms with E-state index in [2.05, 4.69) is 23.6 Å². The Labute approximate surface area is 129 Å². The molecule has 0 unspecified atom stereocenters. The van der Waals surface area contributed by atoms with E-state index in [-0.39, 0.29) is 15.3 Å². The molecule has 1 saturated heterocycles. The molecule has 1 aromatic heterocycles. The second-order valence-corrected chi connectivity index (χ2v) is 8.89. The first kappa shape index (κ1) is 16.4.